The summed E-state index contributed by atoms with van der Waals surface area (Å²) in [4.78, 5) is 13.2. The van der Waals surface area contributed by atoms with Gasteiger partial charge in [0, 0.05) is 31.7 Å². The molecule has 5 heteroatoms. The number of hydrogen-bond donors (Lipinski definition) is 1. The van der Waals surface area contributed by atoms with Crippen molar-refractivity contribution in [3.05, 3.63) is 30.1 Å². The van der Waals surface area contributed by atoms with Gasteiger partial charge >= 0.3 is 0 Å². The van der Waals surface area contributed by atoms with E-state index in [1.165, 1.54) is 18.2 Å². The van der Waals surface area contributed by atoms with Gasteiger partial charge in [0.2, 0.25) is 0 Å². The number of rotatable bonds is 4. The van der Waals surface area contributed by atoms with Gasteiger partial charge in [-0.05, 0) is 12.1 Å². The van der Waals surface area contributed by atoms with E-state index < -0.39 is 0 Å². The Morgan fingerprint density at radius 1 is 1.53 bits per heavy atom. The van der Waals surface area contributed by atoms with E-state index in [0.717, 1.165) is 0 Å². The molecule has 0 radical (unpaired) electrons. The molecule has 1 heterocycles. The molecule has 1 amide bonds. The maximum Gasteiger partial charge on any atom is 0.260 e. The zero-order chi connectivity index (χ0) is 12.3. The van der Waals surface area contributed by atoms with Crippen LogP contribution in [0.25, 0.3) is 0 Å². The molecule has 4 nitrogen and oxygen atoms in total. The van der Waals surface area contributed by atoms with Gasteiger partial charge in [0.25, 0.3) is 5.91 Å². The summed E-state index contributed by atoms with van der Waals surface area (Å²) in [5, 5.41) is 8.81. The Labute approximate surface area is 98.6 Å². The van der Waals surface area contributed by atoms with Crippen molar-refractivity contribution in [1.29, 1.82) is 0 Å². The van der Waals surface area contributed by atoms with Crippen molar-refractivity contribution in [3.8, 4) is 5.75 Å². The first kappa shape index (κ1) is 11.9. The minimum atomic E-state index is -0.390. The second kappa shape index (κ2) is 5.14. The fraction of sp³-hybridized carbons (Fsp3) is 0.417. The monoisotopic (exact) mass is 239 g/mol. The van der Waals surface area contributed by atoms with Crippen LogP contribution in [0.1, 0.15) is 0 Å². The Kier molecular flexibility index (Phi) is 3.58. The van der Waals surface area contributed by atoms with Crippen LogP contribution in [-0.2, 0) is 4.79 Å². The predicted molar refractivity (Wildman–Crippen MR) is 59.1 cm³/mol. The molecule has 1 aliphatic rings. The molecule has 1 aliphatic heterocycles. The first-order valence-electron chi connectivity index (χ1n) is 5.46. The zero-order valence-corrected chi connectivity index (χ0v) is 9.30. The largest absolute Gasteiger partial charge is 0.484 e. The van der Waals surface area contributed by atoms with Gasteiger partial charge in [0.1, 0.15) is 11.6 Å². The summed E-state index contributed by atoms with van der Waals surface area (Å²) in [7, 11) is 0. The van der Waals surface area contributed by atoms with Gasteiger partial charge in [0.15, 0.2) is 6.61 Å². The van der Waals surface area contributed by atoms with Gasteiger partial charge in [-0.1, -0.05) is 6.07 Å². The lowest BCUT2D eigenvalue weighted by atomic mass is 10.0. The average Bonchev–Trinajstić information content (AvgIpc) is 2.25. The van der Waals surface area contributed by atoms with Gasteiger partial charge < -0.3 is 14.7 Å². The third-order valence-corrected chi connectivity index (χ3v) is 2.73. The SMILES string of the molecule is O=C(COc1cccc(F)c1)N1CC(CO)C1. The molecule has 0 unspecified atom stereocenters. The average molecular weight is 239 g/mol. The van der Waals surface area contributed by atoms with Gasteiger partial charge in [-0.15, -0.1) is 0 Å². The summed E-state index contributed by atoms with van der Waals surface area (Å²) >= 11 is 0. The minimum Gasteiger partial charge on any atom is -0.484 e. The Hall–Kier alpha value is -1.62. The van der Waals surface area contributed by atoms with E-state index in [9.17, 15) is 9.18 Å². The highest BCUT2D eigenvalue weighted by Gasteiger charge is 2.29. The Morgan fingerprint density at radius 2 is 2.29 bits per heavy atom. The van der Waals surface area contributed by atoms with Crippen molar-refractivity contribution in [2.24, 2.45) is 5.92 Å². The van der Waals surface area contributed by atoms with Crippen molar-refractivity contribution in [3.63, 3.8) is 0 Å². The molecular formula is C12H14FNO3. The normalized spacial score (nSPS) is 15.5. The van der Waals surface area contributed by atoms with Crippen LogP contribution in [0.5, 0.6) is 5.75 Å². The van der Waals surface area contributed by atoms with E-state index in [4.69, 9.17) is 9.84 Å². The summed E-state index contributed by atoms with van der Waals surface area (Å²) in [6, 6.07) is 5.68. The summed E-state index contributed by atoms with van der Waals surface area (Å²) < 4.78 is 18.0. The number of aliphatic hydroxyl groups is 1. The zero-order valence-electron chi connectivity index (χ0n) is 9.30. The molecule has 1 N–H and O–H groups in total. The first-order chi connectivity index (χ1) is 8.19. The van der Waals surface area contributed by atoms with Crippen molar-refractivity contribution < 1.29 is 19.0 Å². The van der Waals surface area contributed by atoms with Gasteiger partial charge in [-0.25, -0.2) is 4.39 Å². The standard InChI is InChI=1S/C12H14FNO3/c13-10-2-1-3-11(4-10)17-8-12(16)14-5-9(6-14)7-15/h1-4,9,15H,5-8H2. The van der Waals surface area contributed by atoms with Crippen LogP contribution in [-0.4, -0.2) is 42.2 Å². The molecule has 1 aromatic carbocycles. The van der Waals surface area contributed by atoms with Crippen molar-refractivity contribution in [1.82, 2.24) is 4.90 Å². The molecular weight excluding hydrogens is 225 g/mol. The number of aliphatic hydroxyl groups excluding tert-OH is 1. The number of benzene rings is 1. The highest BCUT2D eigenvalue weighted by atomic mass is 19.1. The molecule has 0 bridgehead atoms. The minimum absolute atomic E-state index is 0.0956. The fourth-order valence-corrected chi connectivity index (χ4v) is 1.68. The summed E-state index contributed by atoms with van der Waals surface area (Å²) in [5.74, 6) is 0.00362. The van der Waals surface area contributed by atoms with E-state index in [2.05, 4.69) is 0 Å². The van der Waals surface area contributed by atoms with Crippen LogP contribution in [0.4, 0.5) is 4.39 Å². The van der Waals surface area contributed by atoms with Crippen LogP contribution in [0, 0.1) is 11.7 Å². The summed E-state index contributed by atoms with van der Waals surface area (Å²) in [6.07, 6.45) is 0. The van der Waals surface area contributed by atoms with Crippen LogP contribution < -0.4 is 4.74 Å². The summed E-state index contributed by atoms with van der Waals surface area (Å²) in [6.45, 7) is 1.15. The van der Waals surface area contributed by atoms with Gasteiger partial charge in [-0.2, -0.15) is 0 Å². The molecule has 17 heavy (non-hydrogen) atoms. The van der Waals surface area contributed by atoms with Crippen LogP contribution >= 0.6 is 0 Å². The van der Waals surface area contributed by atoms with E-state index in [1.54, 1.807) is 11.0 Å². The lowest BCUT2D eigenvalue weighted by molar-refractivity contribution is -0.140. The topological polar surface area (TPSA) is 49.8 Å². The Morgan fingerprint density at radius 3 is 2.94 bits per heavy atom. The smallest absolute Gasteiger partial charge is 0.260 e. The Balaban J connectivity index is 1.77. The van der Waals surface area contributed by atoms with Gasteiger partial charge in [-0.3, -0.25) is 4.79 Å². The molecule has 0 atom stereocenters. The number of likely N-dealkylation sites (tertiary alicyclic amines) is 1. The third-order valence-electron chi connectivity index (χ3n) is 2.73. The molecule has 1 saturated heterocycles. The molecule has 1 aromatic rings. The van der Waals surface area contributed by atoms with Gasteiger partial charge in [0.05, 0.1) is 0 Å². The second-order valence-corrected chi connectivity index (χ2v) is 4.09. The van der Waals surface area contributed by atoms with E-state index in [0.29, 0.717) is 18.8 Å². The van der Waals surface area contributed by atoms with Crippen LogP contribution in [0.2, 0.25) is 0 Å². The molecule has 0 spiro atoms. The number of carbonyl (C=O) groups is 1. The number of carbonyl (C=O) groups excluding carboxylic acids is 1. The maximum atomic E-state index is 12.8. The van der Waals surface area contributed by atoms with Crippen molar-refractivity contribution in [2.45, 2.75) is 0 Å². The highest BCUT2D eigenvalue weighted by Crippen LogP contribution is 2.16. The van der Waals surface area contributed by atoms with E-state index >= 15 is 0 Å². The predicted octanol–water partition coefficient (Wildman–Crippen LogP) is 0.655. The van der Waals surface area contributed by atoms with Crippen molar-refractivity contribution in [2.75, 3.05) is 26.3 Å². The lowest BCUT2D eigenvalue weighted by Crippen LogP contribution is -2.52. The van der Waals surface area contributed by atoms with E-state index in [-0.39, 0.29) is 30.9 Å². The number of amides is 1. The number of halogens is 1. The maximum absolute atomic E-state index is 12.8. The quantitative estimate of drug-likeness (QED) is 0.839. The first-order valence-corrected chi connectivity index (χ1v) is 5.46. The lowest BCUT2D eigenvalue weighted by Gasteiger charge is -2.38. The molecule has 92 valence electrons. The van der Waals surface area contributed by atoms with Crippen LogP contribution in [0.15, 0.2) is 24.3 Å². The number of nitrogens with zero attached hydrogens (tertiary/aromatic N) is 1. The van der Waals surface area contributed by atoms with Crippen LogP contribution in [0.3, 0.4) is 0 Å². The molecule has 2 rings (SSSR count). The molecule has 0 aromatic heterocycles. The highest BCUT2D eigenvalue weighted by molar-refractivity contribution is 5.78. The summed E-state index contributed by atoms with van der Waals surface area (Å²) in [5.41, 5.74) is 0. The second-order valence-electron chi connectivity index (χ2n) is 4.09. The molecule has 0 aliphatic carbocycles. The molecule has 1 fully saturated rings. The third kappa shape index (κ3) is 2.94. The fourth-order valence-electron chi connectivity index (χ4n) is 1.68. The number of hydrogen-bond acceptors (Lipinski definition) is 3. The number of ether oxygens (including phenoxy) is 1. The van der Waals surface area contributed by atoms with Crippen molar-refractivity contribution >= 4 is 5.91 Å². The van der Waals surface area contributed by atoms with E-state index in [1.807, 2.05) is 0 Å². The molecule has 0 saturated carbocycles. The Bertz CT molecular complexity index is 404.